The molecular weight excluding hydrogens is 378 g/mol. The minimum atomic E-state index is -0.604. The van der Waals surface area contributed by atoms with Gasteiger partial charge in [-0.3, -0.25) is 4.90 Å². The molecule has 2 aromatic carbocycles. The number of cyclic esters (lactones) is 1. The third-order valence-electron chi connectivity index (χ3n) is 5.88. The van der Waals surface area contributed by atoms with Crippen LogP contribution in [0, 0.1) is 0 Å². The first-order chi connectivity index (χ1) is 14.0. The fourth-order valence-electron chi connectivity index (χ4n) is 4.53. The minimum absolute atomic E-state index is 0.0384. The number of phenols is 1. The molecule has 8 heteroatoms. The van der Waals surface area contributed by atoms with Crippen LogP contribution >= 0.6 is 0 Å². The quantitative estimate of drug-likeness (QED) is 0.789. The van der Waals surface area contributed by atoms with Crippen LogP contribution in [0.15, 0.2) is 18.2 Å². The Morgan fingerprint density at radius 1 is 1.21 bits per heavy atom. The highest BCUT2D eigenvalue weighted by atomic mass is 16.7. The summed E-state index contributed by atoms with van der Waals surface area (Å²) in [5, 5.41) is 11.0. The van der Waals surface area contributed by atoms with Crippen molar-refractivity contribution in [3.8, 4) is 28.7 Å². The van der Waals surface area contributed by atoms with E-state index in [1.807, 2.05) is 19.2 Å². The van der Waals surface area contributed by atoms with Gasteiger partial charge in [0, 0.05) is 17.7 Å². The van der Waals surface area contributed by atoms with E-state index in [2.05, 4.69) is 4.90 Å². The van der Waals surface area contributed by atoms with Crippen molar-refractivity contribution >= 4 is 5.97 Å². The fraction of sp³-hybridized carbons (Fsp3) is 0.381. The smallest absolute Gasteiger partial charge is 0.343 e. The molecule has 0 bridgehead atoms. The molecule has 3 aliphatic rings. The van der Waals surface area contributed by atoms with Crippen LogP contribution in [0.5, 0.6) is 28.7 Å². The van der Waals surface area contributed by atoms with Gasteiger partial charge in [0.1, 0.15) is 11.7 Å². The van der Waals surface area contributed by atoms with E-state index >= 15 is 0 Å². The number of ether oxygens (including phenoxy) is 5. The first-order valence-electron chi connectivity index (χ1n) is 9.35. The van der Waals surface area contributed by atoms with Crippen molar-refractivity contribution in [1.82, 2.24) is 4.90 Å². The van der Waals surface area contributed by atoms with E-state index in [4.69, 9.17) is 23.7 Å². The van der Waals surface area contributed by atoms with E-state index in [0.29, 0.717) is 39.7 Å². The molecule has 1 N–H and O–H groups in total. The molecule has 5 rings (SSSR count). The number of carbonyl (C=O) groups is 1. The van der Waals surface area contributed by atoms with E-state index < -0.39 is 12.1 Å². The summed E-state index contributed by atoms with van der Waals surface area (Å²) in [6, 6.07) is 5.11. The van der Waals surface area contributed by atoms with Gasteiger partial charge in [-0.2, -0.15) is 0 Å². The Morgan fingerprint density at radius 2 is 2.03 bits per heavy atom. The molecule has 29 heavy (non-hydrogen) atoms. The average molecular weight is 399 g/mol. The second kappa shape index (κ2) is 6.45. The number of rotatable bonds is 3. The van der Waals surface area contributed by atoms with Gasteiger partial charge in [-0.05, 0) is 31.2 Å². The van der Waals surface area contributed by atoms with Crippen molar-refractivity contribution in [2.45, 2.75) is 18.6 Å². The summed E-state index contributed by atoms with van der Waals surface area (Å²) in [6.45, 7) is 0.817. The zero-order valence-electron chi connectivity index (χ0n) is 16.4. The standard InChI is InChI=1S/C21H21NO7/c1-22-7-6-10-8-13-20(28-9-27-13)17(23)14(10)16(22)18-11-4-5-12(25-2)19(26-3)15(11)21(24)29-18/h4-5,8,16,18,23H,6-7,9H2,1-3H3/t16-,18?/m1/s1. The van der Waals surface area contributed by atoms with Gasteiger partial charge in [-0.1, -0.05) is 6.07 Å². The van der Waals surface area contributed by atoms with Gasteiger partial charge in [0.2, 0.25) is 12.5 Å². The third-order valence-corrected chi connectivity index (χ3v) is 5.88. The number of carbonyl (C=O) groups excluding carboxylic acids is 1. The molecule has 0 spiro atoms. The molecule has 1 unspecified atom stereocenters. The lowest BCUT2D eigenvalue weighted by atomic mass is 9.85. The Bertz CT molecular complexity index is 1020. The van der Waals surface area contributed by atoms with Crippen molar-refractivity contribution in [3.63, 3.8) is 0 Å². The molecule has 0 saturated heterocycles. The van der Waals surface area contributed by atoms with Crippen LogP contribution in [0.1, 0.15) is 39.2 Å². The van der Waals surface area contributed by atoms with Crippen LogP contribution in [0.25, 0.3) is 0 Å². The second-order valence-corrected chi connectivity index (χ2v) is 7.30. The fourth-order valence-corrected chi connectivity index (χ4v) is 4.53. The number of benzene rings is 2. The highest BCUT2D eigenvalue weighted by molar-refractivity contribution is 5.98. The van der Waals surface area contributed by atoms with Crippen molar-refractivity contribution in [2.75, 3.05) is 34.6 Å². The maximum absolute atomic E-state index is 12.8. The molecule has 0 aliphatic carbocycles. The molecule has 0 aromatic heterocycles. The molecular formula is C21H21NO7. The summed E-state index contributed by atoms with van der Waals surface area (Å²) in [6.07, 6.45) is 0.138. The third kappa shape index (κ3) is 2.45. The van der Waals surface area contributed by atoms with Gasteiger partial charge in [0.25, 0.3) is 0 Å². The van der Waals surface area contributed by atoms with Crippen LogP contribution < -0.4 is 18.9 Å². The molecule has 8 nitrogen and oxygen atoms in total. The number of phenolic OH excluding ortho intramolecular Hbond substituents is 1. The van der Waals surface area contributed by atoms with E-state index in [9.17, 15) is 9.90 Å². The van der Waals surface area contributed by atoms with E-state index in [-0.39, 0.29) is 18.6 Å². The molecule has 0 saturated carbocycles. The lowest BCUT2D eigenvalue weighted by Crippen LogP contribution is -2.36. The summed E-state index contributed by atoms with van der Waals surface area (Å²) in [7, 11) is 4.96. The second-order valence-electron chi connectivity index (χ2n) is 7.30. The van der Waals surface area contributed by atoms with Crippen molar-refractivity contribution < 1.29 is 33.6 Å². The predicted molar refractivity (Wildman–Crippen MR) is 101 cm³/mol. The number of nitrogens with zero attached hydrogens (tertiary/aromatic N) is 1. The molecule has 3 aliphatic heterocycles. The molecule has 0 radical (unpaired) electrons. The Morgan fingerprint density at radius 3 is 2.79 bits per heavy atom. The topological polar surface area (TPSA) is 86.7 Å². The van der Waals surface area contributed by atoms with E-state index in [1.165, 1.54) is 14.2 Å². The molecule has 2 aromatic rings. The summed E-state index contributed by atoms with van der Waals surface area (Å²) < 4.78 is 27.5. The van der Waals surface area contributed by atoms with Crippen molar-refractivity contribution in [1.29, 1.82) is 0 Å². The first kappa shape index (κ1) is 17.9. The molecule has 152 valence electrons. The van der Waals surface area contributed by atoms with Gasteiger partial charge in [-0.25, -0.2) is 4.79 Å². The number of hydrogen-bond donors (Lipinski definition) is 1. The zero-order chi connectivity index (χ0) is 20.3. The molecule has 2 atom stereocenters. The van der Waals surface area contributed by atoms with Gasteiger partial charge >= 0.3 is 5.97 Å². The monoisotopic (exact) mass is 399 g/mol. The highest BCUT2D eigenvalue weighted by Crippen LogP contribution is 2.54. The number of methoxy groups -OCH3 is 2. The number of hydrogen-bond acceptors (Lipinski definition) is 8. The summed E-state index contributed by atoms with van der Waals surface area (Å²) in [5.41, 5.74) is 2.72. The number of esters is 1. The first-order valence-corrected chi connectivity index (χ1v) is 9.35. The maximum atomic E-state index is 12.8. The Hall–Kier alpha value is -3.13. The maximum Gasteiger partial charge on any atom is 0.343 e. The average Bonchev–Trinajstić information content (AvgIpc) is 3.32. The number of likely N-dealkylation sites (N-methyl/N-ethyl adjacent to an activating group) is 1. The number of fused-ring (bicyclic) bond motifs is 3. The summed E-state index contributed by atoms with van der Waals surface area (Å²) in [5.74, 6) is 1.26. The van der Waals surface area contributed by atoms with Crippen molar-refractivity contribution in [3.05, 3.63) is 40.5 Å². The van der Waals surface area contributed by atoms with Crippen LogP contribution in [-0.2, 0) is 11.2 Å². The summed E-state index contributed by atoms with van der Waals surface area (Å²) in [4.78, 5) is 14.9. The lowest BCUT2D eigenvalue weighted by molar-refractivity contribution is 0.00872. The lowest BCUT2D eigenvalue weighted by Gasteiger charge is -2.38. The van der Waals surface area contributed by atoms with Crippen molar-refractivity contribution in [2.24, 2.45) is 0 Å². The Labute approximate surface area is 167 Å². The van der Waals surface area contributed by atoms with Gasteiger partial charge in [-0.15, -0.1) is 0 Å². The van der Waals surface area contributed by atoms with E-state index in [1.54, 1.807) is 6.07 Å². The zero-order valence-corrected chi connectivity index (χ0v) is 16.4. The number of aromatic hydroxyl groups is 1. The van der Waals surface area contributed by atoms with Gasteiger partial charge in [0.15, 0.2) is 23.0 Å². The Kier molecular flexibility index (Phi) is 3.99. The van der Waals surface area contributed by atoms with Crippen LogP contribution in [0.4, 0.5) is 0 Å². The van der Waals surface area contributed by atoms with Crippen LogP contribution in [0.2, 0.25) is 0 Å². The highest BCUT2D eigenvalue weighted by Gasteiger charge is 2.45. The normalized spacial score (nSPS) is 22.1. The Balaban J connectivity index is 1.67. The summed E-state index contributed by atoms with van der Waals surface area (Å²) >= 11 is 0. The van der Waals surface area contributed by atoms with E-state index in [0.717, 1.165) is 18.5 Å². The molecule has 3 heterocycles. The SMILES string of the molecule is COc1ccc2c(c1OC)C(=O)OC2[C@H]1c2c(cc3c(c2O)OCO3)CCN1C. The largest absolute Gasteiger partial charge is 0.504 e. The van der Waals surface area contributed by atoms with Gasteiger partial charge < -0.3 is 28.8 Å². The van der Waals surface area contributed by atoms with Crippen LogP contribution in [-0.4, -0.2) is 50.6 Å². The van der Waals surface area contributed by atoms with Gasteiger partial charge in [0.05, 0.1) is 20.3 Å². The minimum Gasteiger partial charge on any atom is -0.504 e. The van der Waals surface area contributed by atoms with Crippen LogP contribution in [0.3, 0.4) is 0 Å². The molecule has 0 fully saturated rings. The predicted octanol–water partition coefficient (Wildman–Crippen LogP) is 2.58. The molecule has 0 amide bonds.